The molecule has 0 radical (unpaired) electrons. The fourth-order valence-electron chi connectivity index (χ4n) is 1.18. The molecule has 0 aliphatic rings. The zero-order valence-corrected chi connectivity index (χ0v) is 11.1. The molecule has 0 heterocycles. The second-order valence-corrected chi connectivity index (χ2v) is 4.81. The molecular weight excluding hydrogens is 204 g/mol. The summed E-state index contributed by atoms with van der Waals surface area (Å²) in [5, 5.41) is 0. The topological polar surface area (TPSA) is 35.5 Å². The van der Waals surface area contributed by atoms with Gasteiger partial charge in [0.2, 0.25) is 0 Å². The Morgan fingerprint density at radius 2 is 1.62 bits per heavy atom. The van der Waals surface area contributed by atoms with Gasteiger partial charge in [0, 0.05) is 25.6 Å². The predicted octanol–water partition coefficient (Wildman–Crippen LogP) is 2.68. The fourth-order valence-corrected chi connectivity index (χ4v) is 1.18. The molecular formula is C13H26O3. The average Bonchev–Trinajstić information content (AvgIpc) is 2.21. The minimum absolute atomic E-state index is 0.148. The van der Waals surface area contributed by atoms with Crippen molar-refractivity contribution in [1.82, 2.24) is 0 Å². The summed E-state index contributed by atoms with van der Waals surface area (Å²) in [5.41, 5.74) is 0. The molecule has 3 heteroatoms. The van der Waals surface area contributed by atoms with Crippen molar-refractivity contribution in [2.75, 3.05) is 26.4 Å². The summed E-state index contributed by atoms with van der Waals surface area (Å²) < 4.78 is 10.7. The van der Waals surface area contributed by atoms with E-state index in [9.17, 15) is 4.79 Å². The molecule has 0 spiro atoms. The fraction of sp³-hybridized carbons (Fsp3) is 0.923. The van der Waals surface area contributed by atoms with E-state index in [2.05, 4.69) is 13.8 Å². The van der Waals surface area contributed by atoms with Gasteiger partial charge in [0.1, 0.15) is 5.78 Å². The lowest BCUT2D eigenvalue weighted by molar-refractivity contribution is -0.122. The minimum Gasteiger partial charge on any atom is -0.379 e. The highest BCUT2D eigenvalue weighted by atomic mass is 16.5. The van der Waals surface area contributed by atoms with Gasteiger partial charge in [-0.05, 0) is 12.3 Å². The van der Waals surface area contributed by atoms with Crippen LogP contribution in [0.15, 0.2) is 0 Å². The standard InChI is InChI=1S/C13H26O3/c1-11(2)10-16-9-8-15-7-5-6-13(14)12(3)4/h11-12H,5-10H2,1-4H3. The lowest BCUT2D eigenvalue weighted by Gasteiger charge is -2.07. The zero-order chi connectivity index (χ0) is 12.4. The predicted molar refractivity (Wildman–Crippen MR) is 65.6 cm³/mol. The van der Waals surface area contributed by atoms with Crippen molar-refractivity contribution in [1.29, 1.82) is 0 Å². The molecule has 0 aromatic carbocycles. The van der Waals surface area contributed by atoms with Crippen LogP contribution in [0.25, 0.3) is 0 Å². The van der Waals surface area contributed by atoms with E-state index in [0.717, 1.165) is 13.0 Å². The monoisotopic (exact) mass is 230 g/mol. The number of ether oxygens (including phenoxy) is 2. The molecule has 0 bridgehead atoms. The zero-order valence-electron chi connectivity index (χ0n) is 11.1. The maximum atomic E-state index is 11.3. The molecule has 0 aliphatic heterocycles. The molecule has 0 amide bonds. The Hall–Kier alpha value is -0.410. The number of rotatable bonds is 10. The third-order valence-corrected chi connectivity index (χ3v) is 2.18. The van der Waals surface area contributed by atoms with Crippen molar-refractivity contribution in [3.05, 3.63) is 0 Å². The third-order valence-electron chi connectivity index (χ3n) is 2.18. The Kier molecular flexibility index (Phi) is 9.54. The summed E-state index contributed by atoms with van der Waals surface area (Å²) in [6, 6.07) is 0. The molecule has 0 saturated heterocycles. The first-order chi connectivity index (χ1) is 7.54. The molecule has 96 valence electrons. The Bertz CT molecular complexity index is 176. The molecule has 16 heavy (non-hydrogen) atoms. The van der Waals surface area contributed by atoms with E-state index in [-0.39, 0.29) is 5.92 Å². The average molecular weight is 230 g/mol. The summed E-state index contributed by atoms with van der Waals surface area (Å²) in [6.45, 7) is 10.8. The van der Waals surface area contributed by atoms with Crippen LogP contribution < -0.4 is 0 Å². The first-order valence-electron chi connectivity index (χ1n) is 6.22. The van der Waals surface area contributed by atoms with Gasteiger partial charge >= 0.3 is 0 Å². The lowest BCUT2D eigenvalue weighted by atomic mass is 10.1. The van der Waals surface area contributed by atoms with E-state index in [1.807, 2.05) is 13.8 Å². The quantitative estimate of drug-likeness (QED) is 0.541. The molecule has 3 nitrogen and oxygen atoms in total. The Morgan fingerprint density at radius 3 is 2.19 bits per heavy atom. The summed E-state index contributed by atoms with van der Waals surface area (Å²) >= 11 is 0. The molecule has 0 aromatic rings. The maximum absolute atomic E-state index is 11.3. The van der Waals surface area contributed by atoms with E-state index in [4.69, 9.17) is 9.47 Å². The van der Waals surface area contributed by atoms with Crippen LogP contribution in [-0.4, -0.2) is 32.2 Å². The molecule has 0 saturated carbocycles. The second-order valence-electron chi connectivity index (χ2n) is 4.81. The largest absolute Gasteiger partial charge is 0.379 e. The SMILES string of the molecule is CC(C)COCCOCCCC(=O)C(C)C. The van der Waals surface area contributed by atoms with Gasteiger partial charge in [-0.15, -0.1) is 0 Å². The van der Waals surface area contributed by atoms with E-state index in [1.54, 1.807) is 0 Å². The molecule has 0 unspecified atom stereocenters. The Morgan fingerprint density at radius 1 is 1.00 bits per heavy atom. The van der Waals surface area contributed by atoms with Crippen LogP contribution in [-0.2, 0) is 14.3 Å². The summed E-state index contributed by atoms with van der Waals surface area (Å²) in [5.74, 6) is 1.04. The molecule has 0 N–H and O–H groups in total. The third kappa shape index (κ3) is 10.1. The highest BCUT2D eigenvalue weighted by molar-refractivity contribution is 5.80. The van der Waals surface area contributed by atoms with Gasteiger partial charge in [0.25, 0.3) is 0 Å². The van der Waals surface area contributed by atoms with Gasteiger partial charge < -0.3 is 9.47 Å². The van der Waals surface area contributed by atoms with Crippen molar-refractivity contribution in [3.8, 4) is 0 Å². The molecule has 0 fully saturated rings. The first-order valence-corrected chi connectivity index (χ1v) is 6.22. The van der Waals surface area contributed by atoms with Crippen molar-refractivity contribution >= 4 is 5.78 Å². The number of carbonyl (C=O) groups is 1. The second kappa shape index (κ2) is 9.79. The van der Waals surface area contributed by atoms with Gasteiger partial charge in [0.05, 0.1) is 13.2 Å². The van der Waals surface area contributed by atoms with Crippen LogP contribution in [0.2, 0.25) is 0 Å². The van der Waals surface area contributed by atoms with Crippen LogP contribution >= 0.6 is 0 Å². The Balaban J connectivity index is 3.13. The van der Waals surface area contributed by atoms with E-state index in [0.29, 0.717) is 37.9 Å². The number of ketones is 1. The van der Waals surface area contributed by atoms with Crippen molar-refractivity contribution in [3.63, 3.8) is 0 Å². The van der Waals surface area contributed by atoms with E-state index in [1.165, 1.54) is 0 Å². The number of hydrogen-bond donors (Lipinski definition) is 0. The molecule has 0 rings (SSSR count). The minimum atomic E-state index is 0.148. The van der Waals surface area contributed by atoms with Crippen molar-refractivity contribution in [2.45, 2.75) is 40.5 Å². The highest BCUT2D eigenvalue weighted by Crippen LogP contribution is 2.01. The van der Waals surface area contributed by atoms with Crippen molar-refractivity contribution in [2.24, 2.45) is 11.8 Å². The van der Waals surface area contributed by atoms with Crippen LogP contribution in [0.4, 0.5) is 0 Å². The van der Waals surface area contributed by atoms with Gasteiger partial charge in [-0.2, -0.15) is 0 Å². The van der Waals surface area contributed by atoms with Crippen LogP contribution in [0.3, 0.4) is 0 Å². The van der Waals surface area contributed by atoms with Gasteiger partial charge in [0.15, 0.2) is 0 Å². The smallest absolute Gasteiger partial charge is 0.135 e. The maximum Gasteiger partial charge on any atom is 0.135 e. The summed E-state index contributed by atoms with van der Waals surface area (Å²) in [7, 11) is 0. The van der Waals surface area contributed by atoms with Crippen LogP contribution in [0.1, 0.15) is 40.5 Å². The normalized spacial score (nSPS) is 11.4. The van der Waals surface area contributed by atoms with Crippen LogP contribution in [0, 0.1) is 11.8 Å². The molecule has 0 aromatic heterocycles. The van der Waals surface area contributed by atoms with E-state index >= 15 is 0 Å². The van der Waals surface area contributed by atoms with Crippen LogP contribution in [0.5, 0.6) is 0 Å². The van der Waals surface area contributed by atoms with E-state index < -0.39 is 0 Å². The van der Waals surface area contributed by atoms with Gasteiger partial charge in [-0.25, -0.2) is 0 Å². The number of hydrogen-bond acceptors (Lipinski definition) is 3. The van der Waals surface area contributed by atoms with Gasteiger partial charge in [-0.1, -0.05) is 27.7 Å². The van der Waals surface area contributed by atoms with Gasteiger partial charge in [-0.3, -0.25) is 4.79 Å². The Labute approximate surface area is 99.5 Å². The first kappa shape index (κ1) is 15.6. The van der Waals surface area contributed by atoms with Crippen molar-refractivity contribution < 1.29 is 14.3 Å². The number of carbonyl (C=O) groups excluding carboxylic acids is 1. The summed E-state index contributed by atoms with van der Waals surface area (Å²) in [6.07, 6.45) is 1.45. The summed E-state index contributed by atoms with van der Waals surface area (Å²) in [4.78, 5) is 11.3. The lowest BCUT2D eigenvalue weighted by Crippen LogP contribution is -2.11. The highest BCUT2D eigenvalue weighted by Gasteiger charge is 2.05. The molecule has 0 aliphatic carbocycles. The molecule has 0 atom stereocenters. The number of Topliss-reactive ketones (excluding diaryl/α,β-unsaturated/α-hetero) is 1.